The molecule has 201 valence electrons. The van der Waals surface area contributed by atoms with Gasteiger partial charge in [-0.3, -0.25) is 4.57 Å². The molecule has 1 aliphatic rings. The molecule has 0 aliphatic heterocycles. The van der Waals surface area contributed by atoms with Crippen LogP contribution in [0, 0.1) is 18.8 Å². The molecule has 1 saturated carbocycles. The van der Waals surface area contributed by atoms with Crippen molar-refractivity contribution >= 4 is 32.7 Å². The third-order valence-electron chi connectivity index (χ3n) is 4.54. The van der Waals surface area contributed by atoms with Crippen molar-refractivity contribution in [3.05, 3.63) is 31.7 Å². The predicted molar refractivity (Wildman–Crippen MR) is 132 cm³/mol. The Morgan fingerprint density at radius 1 is 0.941 bits per heavy atom. The van der Waals surface area contributed by atoms with Gasteiger partial charge in [0.1, 0.15) is 0 Å². The van der Waals surface area contributed by atoms with Crippen LogP contribution in [0.3, 0.4) is 0 Å². The number of para-hydroxylation sites is 2. The summed E-state index contributed by atoms with van der Waals surface area (Å²) >= 11 is 0. The number of nitrogens with zero attached hydrogens (tertiary/aromatic N) is 3. The minimum Gasteiger partial charge on any atom is -1.00 e. The van der Waals surface area contributed by atoms with Crippen LogP contribution >= 0.6 is 16.1 Å². The van der Waals surface area contributed by atoms with E-state index in [0.717, 1.165) is 16.8 Å². The van der Waals surface area contributed by atoms with Gasteiger partial charge in [-0.05, 0) is 39.8 Å². The fraction of sp³-hybridized carbons (Fsp3) is 0.591. The van der Waals surface area contributed by atoms with E-state index in [4.69, 9.17) is 10.2 Å². The van der Waals surface area contributed by atoms with Gasteiger partial charge in [0, 0.05) is 14.0 Å². The van der Waals surface area contributed by atoms with Crippen molar-refractivity contribution < 1.29 is 45.2 Å². The number of aromatic nitrogens is 2. The summed E-state index contributed by atoms with van der Waals surface area (Å²) in [6.07, 6.45) is 7.50. The van der Waals surface area contributed by atoms with E-state index in [1.165, 1.54) is 50.1 Å². The van der Waals surface area contributed by atoms with Gasteiger partial charge in [0.2, 0.25) is 0 Å². The molecule has 3 nitrogen and oxygen atoms in total. The maximum absolute atomic E-state index is 9.84. The van der Waals surface area contributed by atoms with Crippen LogP contribution in [-0.4, -0.2) is 20.9 Å². The molecule has 0 N–H and O–H groups in total. The van der Waals surface area contributed by atoms with Crippen LogP contribution in [0.1, 0.15) is 66.7 Å². The Balaban J connectivity index is -0.000000221. The van der Waals surface area contributed by atoms with E-state index in [1.54, 1.807) is 6.07 Å². The number of rotatable bonds is 3. The quantitative estimate of drug-likeness (QED) is 0.179. The number of benzene rings is 1. The van der Waals surface area contributed by atoms with Crippen molar-refractivity contribution in [2.24, 2.45) is 7.05 Å². The molecule has 1 aromatic carbocycles. The molecule has 34 heavy (non-hydrogen) atoms. The maximum atomic E-state index is 9.84. The Kier molecular flexibility index (Phi) is 22.0. The van der Waals surface area contributed by atoms with E-state index in [-0.39, 0.29) is 31.6 Å². The Hall–Kier alpha value is -0.757. The summed E-state index contributed by atoms with van der Waals surface area (Å²) < 4.78 is 51.5. The van der Waals surface area contributed by atoms with E-state index in [2.05, 4.69) is 63.6 Å². The summed E-state index contributed by atoms with van der Waals surface area (Å²) in [6, 6.07) is 10.2. The zero-order valence-electron chi connectivity index (χ0n) is 20.9. The SMILES string of the molecule is C1CCCC1.CC#N.CC(C)[PH+](c1nc2ccccc2n1C)C(C)C.FP(F)(F)(F)F.[CH3-].[F-].[Ru+]. The number of imidazole rings is 1. The van der Waals surface area contributed by atoms with Crippen LogP contribution in [0.4, 0.5) is 21.0 Å². The zero-order chi connectivity index (χ0) is 24.3. The average molecular weight is 622 g/mol. The molecule has 1 aromatic heterocycles. The van der Waals surface area contributed by atoms with Crippen molar-refractivity contribution in [2.45, 2.75) is 78.0 Å². The van der Waals surface area contributed by atoms with E-state index >= 15 is 0 Å². The van der Waals surface area contributed by atoms with Gasteiger partial charge >= 0.3 is 48.6 Å². The second-order valence-electron chi connectivity index (χ2n) is 7.88. The van der Waals surface area contributed by atoms with Gasteiger partial charge in [0.05, 0.1) is 36.3 Å². The number of aryl methyl sites for hydroxylation is 1. The largest absolute Gasteiger partial charge is 1.00 e. The Morgan fingerprint density at radius 2 is 1.26 bits per heavy atom. The van der Waals surface area contributed by atoms with Crippen molar-refractivity contribution in [1.29, 1.82) is 5.26 Å². The molecule has 1 aliphatic carbocycles. The third-order valence-corrected chi connectivity index (χ3v) is 7.99. The summed E-state index contributed by atoms with van der Waals surface area (Å²) in [5, 5.41) is 7.32. The van der Waals surface area contributed by atoms with Crippen LogP contribution in [0.5, 0.6) is 0 Å². The Morgan fingerprint density at radius 3 is 1.56 bits per heavy atom. The number of fused-ring (bicyclic) bond motifs is 1. The molecule has 3 rings (SSSR count). The Bertz CT molecular complexity index is 797. The summed E-state index contributed by atoms with van der Waals surface area (Å²) in [5.41, 5.74) is 5.15. The van der Waals surface area contributed by atoms with Crippen molar-refractivity contribution in [3.8, 4) is 6.07 Å². The van der Waals surface area contributed by atoms with Gasteiger partial charge in [0.15, 0.2) is 0 Å². The average Bonchev–Trinajstić information content (AvgIpc) is 3.26. The van der Waals surface area contributed by atoms with Crippen LogP contribution in [0.25, 0.3) is 11.0 Å². The van der Waals surface area contributed by atoms with Gasteiger partial charge in [-0.25, -0.2) is 0 Å². The molecule has 1 fully saturated rings. The monoisotopic (exact) mass is 622 g/mol. The molecule has 12 heteroatoms. The first-order valence-corrected chi connectivity index (χ1v) is 13.7. The third kappa shape index (κ3) is 18.6. The summed E-state index contributed by atoms with van der Waals surface area (Å²) in [7, 11) is -6.99. The first-order chi connectivity index (χ1) is 14.2. The van der Waals surface area contributed by atoms with Crippen molar-refractivity contribution in [1.82, 2.24) is 9.55 Å². The number of hydrogen-bond donors (Lipinski definition) is 0. The summed E-state index contributed by atoms with van der Waals surface area (Å²) in [6.45, 7) is 10.7. The number of nitriles is 1. The van der Waals surface area contributed by atoms with E-state index in [9.17, 15) is 21.0 Å². The van der Waals surface area contributed by atoms with Gasteiger partial charge in [-0.15, -0.1) is 0 Å². The summed E-state index contributed by atoms with van der Waals surface area (Å²) in [4.78, 5) is 4.86. The van der Waals surface area contributed by atoms with Gasteiger partial charge < -0.3 is 12.1 Å². The molecule has 2 aromatic rings. The van der Waals surface area contributed by atoms with Crippen molar-refractivity contribution in [3.63, 3.8) is 0 Å². The van der Waals surface area contributed by atoms with Gasteiger partial charge in [0.25, 0.3) is 5.57 Å². The van der Waals surface area contributed by atoms with Crippen LogP contribution < -0.4 is 10.3 Å². The van der Waals surface area contributed by atoms with Crippen molar-refractivity contribution in [2.75, 3.05) is 0 Å². The standard InChI is InChI=1S/C14H21N2P.C5H10.C2H3N.CH3.F5P.FH.Ru/c1-10(2)17(11(3)4)14-15-12-8-6-7-9-13(12)16(14)5;1-2-4-5-3-1;1-2-3;;1-6(2,3,4)5;;/h6-11H,1-5H3;1-5H2;1H3;1H3;;1H;/q;;;-1;;;+1. The second-order valence-corrected chi connectivity index (χ2v) is 12.8. The smallest absolute Gasteiger partial charge is 1.00 e. The molecule has 1 heterocycles. The first kappa shape index (κ1) is 40.4. The topological polar surface area (TPSA) is 41.6 Å². The van der Waals surface area contributed by atoms with Crippen LogP contribution in [-0.2, 0) is 26.5 Å². The number of halogens is 6. The molecular weight excluding hydrogens is 583 g/mol. The van der Waals surface area contributed by atoms with Crippen LogP contribution in [0.15, 0.2) is 24.3 Å². The molecule has 0 spiro atoms. The molecule has 0 atom stereocenters. The van der Waals surface area contributed by atoms with E-state index in [0.29, 0.717) is 0 Å². The molecule has 0 bridgehead atoms. The molecular formula is C22H38F6N3P2Ru. The minimum atomic E-state index is -8.55. The molecule has 1 radical (unpaired) electrons. The normalized spacial score (nSPS) is 13.3. The fourth-order valence-corrected chi connectivity index (χ4v) is 6.59. The molecule has 0 saturated heterocycles. The van der Waals surface area contributed by atoms with Crippen LogP contribution in [0.2, 0.25) is 0 Å². The predicted octanol–water partition coefficient (Wildman–Crippen LogP) is 6.12. The van der Waals surface area contributed by atoms with Gasteiger partial charge in [-0.1, -0.05) is 44.2 Å². The molecule has 0 unspecified atom stereocenters. The summed E-state index contributed by atoms with van der Waals surface area (Å²) in [5.74, 6) is 0. The zero-order valence-corrected chi connectivity index (χ0v) is 24.5. The number of hydrogen-bond acceptors (Lipinski definition) is 2. The fourth-order valence-electron chi connectivity index (χ4n) is 3.47. The minimum absolute atomic E-state index is 0. The second kappa shape index (κ2) is 18.5. The van der Waals surface area contributed by atoms with E-state index < -0.39 is 16.1 Å². The van der Waals surface area contributed by atoms with Gasteiger partial charge in [-0.2, -0.15) is 10.2 Å². The first-order valence-electron chi connectivity index (χ1n) is 10.4. The van der Waals surface area contributed by atoms with E-state index in [1.807, 2.05) is 0 Å². The molecule has 0 amide bonds. The maximum Gasteiger partial charge on any atom is 1.00 e. The Labute approximate surface area is 215 Å².